The van der Waals surface area contributed by atoms with Gasteiger partial charge in [-0.3, -0.25) is 5.32 Å². The quantitative estimate of drug-likeness (QED) is 0.732. The molecule has 0 bridgehead atoms. The highest BCUT2D eigenvalue weighted by Gasteiger charge is 2.46. The van der Waals surface area contributed by atoms with Gasteiger partial charge in [0.1, 0.15) is 5.54 Å². The number of carbonyl (C=O) groups is 1. The van der Waals surface area contributed by atoms with Crippen molar-refractivity contribution in [3.05, 3.63) is 41.7 Å². The molecule has 29 heavy (non-hydrogen) atoms. The molecular weight excluding hydrogens is 418 g/mol. The van der Waals surface area contributed by atoms with Crippen molar-refractivity contribution in [1.29, 1.82) is 5.26 Å². The molecule has 4 rings (SSSR count). The Bertz CT molecular complexity index is 1080. The van der Waals surface area contributed by atoms with E-state index in [2.05, 4.69) is 15.7 Å². The van der Waals surface area contributed by atoms with Gasteiger partial charge in [-0.05, 0) is 37.1 Å². The number of ether oxygens (including phenoxy) is 1. The van der Waals surface area contributed by atoms with Gasteiger partial charge in [-0.25, -0.2) is 17.9 Å². The number of amides is 1. The van der Waals surface area contributed by atoms with Crippen LogP contribution in [0, 0.1) is 11.3 Å². The summed E-state index contributed by atoms with van der Waals surface area (Å²) >= 11 is 6.26. The topological polar surface area (TPSA) is 126 Å². The van der Waals surface area contributed by atoms with Crippen LogP contribution < -0.4 is 10.6 Å². The second-order valence-corrected chi connectivity index (χ2v) is 9.69. The fourth-order valence-electron chi connectivity index (χ4n) is 3.20. The van der Waals surface area contributed by atoms with Crippen molar-refractivity contribution in [1.82, 2.24) is 20.4 Å². The smallest absolute Gasteiger partial charge is 0.409 e. The van der Waals surface area contributed by atoms with Gasteiger partial charge in [-0.2, -0.15) is 10.4 Å². The highest BCUT2D eigenvalue weighted by atomic mass is 35.5. The second-order valence-electron chi connectivity index (χ2n) is 7.09. The van der Waals surface area contributed by atoms with E-state index >= 15 is 0 Å². The Labute approximate surface area is 172 Å². The lowest BCUT2D eigenvalue weighted by molar-refractivity contribution is 0.0876. The first kappa shape index (κ1) is 19.7. The molecule has 1 saturated heterocycles. The van der Waals surface area contributed by atoms with E-state index in [1.807, 2.05) is 6.07 Å². The van der Waals surface area contributed by atoms with Crippen molar-refractivity contribution in [3.63, 3.8) is 0 Å². The molecule has 152 valence electrons. The maximum absolute atomic E-state index is 13.0. The van der Waals surface area contributed by atoms with E-state index < -0.39 is 32.9 Å². The highest BCUT2D eigenvalue weighted by molar-refractivity contribution is 7.92. The van der Waals surface area contributed by atoms with Gasteiger partial charge >= 0.3 is 6.09 Å². The lowest BCUT2D eigenvalue weighted by Gasteiger charge is -2.15. The number of nitriles is 1. The number of nitrogens with one attached hydrogen (secondary N) is 2. The van der Waals surface area contributed by atoms with Gasteiger partial charge in [0.25, 0.3) is 0 Å². The molecule has 1 aromatic carbocycles. The van der Waals surface area contributed by atoms with Crippen LogP contribution in [0.15, 0.2) is 41.6 Å². The molecular formula is C18H18ClN5O4S. The van der Waals surface area contributed by atoms with Crippen LogP contribution in [-0.4, -0.2) is 47.9 Å². The Kier molecular flexibility index (Phi) is 4.98. The van der Waals surface area contributed by atoms with Crippen LogP contribution in [0.1, 0.15) is 19.3 Å². The van der Waals surface area contributed by atoms with Gasteiger partial charge in [-0.1, -0.05) is 11.6 Å². The molecule has 1 aliphatic heterocycles. The SMILES string of the molecule is N#CC1(NC(=O)O[C@H]2C[C@@H](S(=O)(=O)c3ccc(-n4cccn4)cc3Cl)CN2)CC1. The van der Waals surface area contributed by atoms with Gasteiger partial charge in [0.05, 0.1) is 26.9 Å². The molecule has 1 amide bonds. The molecule has 1 aliphatic carbocycles. The molecule has 1 saturated carbocycles. The number of sulfone groups is 1. The number of nitrogens with zero attached hydrogens (tertiary/aromatic N) is 3. The number of aromatic nitrogens is 2. The summed E-state index contributed by atoms with van der Waals surface area (Å²) in [7, 11) is -3.74. The number of carbonyl (C=O) groups excluding carboxylic acids is 1. The number of alkyl carbamates (subject to hydrolysis) is 1. The molecule has 2 heterocycles. The van der Waals surface area contributed by atoms with Crippen molar-refractivity contribution in [3.8, 4) is 11.8 Å². The zero-order valence-electron chi connectivity index (χ0n) is 15.2. The van der Waals surface area contributed by atoms with E-state index in [-0.39, 0.29) is 22.9 Å². The first-order valence-corrected chi connectivity index (χ1v) is 10.9. The van der Waals surface area contributed by atoms with Crippen molar-refractivity contribution >= 4 is 27.5 Å². The van der Waals surface area contributed by atoms with E-state index in [4.69, 9.17) is 21.6 Å². The predicted octanol–water partition coefficient (Wildman–Crippen LogP) is 1.77. The number of hydrogen-bond acceptors (Lipinski definition) is 7. The minimum atomic E-state index is -3.74. The van der Waals surface area contributed by atoms with Gasteiger partial charge in [0.2, 0.25) is 0 Å². The summed E-state index contributed by atoms with van der Waals surface area (Å²) in [6.07, 6.45) is 3.10. The van der Waals surface area contributed by atoms with Crippen LogP contribution in [0.4, 0.5) is 4.79 Å². The fourth-order valence-corrected chi connectivity index (χ4v) is 5.39. The lowest BCUT2D eigenvalue weighted by Crippen LogP contribution is -2.40. The fraction of sp³-hybridized carbons (Fsp3) is 0.389. The minimum Gasteiger partial charge on any atom is -0.430 e. The van der Waals surface area contributed by atoms with Crippen molar-refractivity contribution < 1.29 is 17.9 Å². The van der Waals surface area contributed by atoms with E-state index in [0.29, 0.717) is 18.5 Å². The van der Waals surface area contributed by atoms with Crippen LogP contribution in [0.25, 0.3) is 5.69 Å². The van der Waals surface area contributed by atoms with Crippen LogP contribution in [0.2, 0.25) is 5.02 Å². The summed E-state index contributed by atoms with van der Waals surface area (Å²) in [5.74, 6) is 0. The second kappa shape index (κ2) is 7.33. The highest BCUT2D eigenvalue weighted by Crippen LogP contribution is 2.34. The first-order valence-electron chi connectivity index (χ1n) is 9.00. The molecule has 1 aromatic heterocycles. The Balaban J connectivity index is 1.43. The zero-order chi connectivity index (χ0) is 20.6. The van der Waals surface area contributed by atoms with Crippen molar-refractivity contribution in [2.75, 3.05) is 6.54 Å². The Hall–Kier alpha value is -2.61. The lowest BCUT2D eigenvalue weighted by atomic mass is 10.3. The average molecular weight is 436 g/mol. The van der Waals surface area contributed by atoms with E-state index in [9.17, 15) is 13.2 Å². The Morgan fingerprint density at radius 1 is 1.45 bits per heavy atom. The third kappa shape index (κ3) is 3.94. The first-order chi connectivity index (χ1) is 13.8. The summed E-state index contributed by atoms with van der Waals surface area (Å²) in [6.45, 7) is 0.126. The number of rotatable bonds is 5. The summed E-state index contributed by atoms with van der Waals surface area (Å²) in [6, 6.07) is 8.42. The average Bonchev–Trinajstić information content (AvgIpc) is 3.09. The van der Waals surface area contributed by atoms with Gasteiger partial charge < -0.3 is 10.1 Å². The minimum absolute atomic E-state index is 0.0217. The molecule has 0 unspecified atom stereocenters. The maximum Gasteiger partial charge on any atom is 0.409 e. The third-order valence-corrected chi connectivity index (χ3v) is 7.67. The third-order valence-electron chi connectivity index (χ3n) is 5.03. The standard InChI is InChI=1S/C18H18ClN5O4S/c19-14-8-12(24-7-1-6-22-24)2-3-15(14)29(26,27)13-9-16(21-10-13)28-17(25)23-18(11-20)4-5-18/h1-3,6-8,13,16,21H,4-5,9-10H2,(H,23,25)/t13-,16+/m1/s1. The number of hydrogen-bond donors (Lipinski definition) is 2. The number of halogens is 1. The maximum atomic E-state index is 13.0. The van der Waals surface area contributed by atoms with Gasteiger partial charge in [-0.15, -0.1) is 0 Å². The molecule has 2 aromatic rings. The van der Waals surface area contributed by atoms with Crippen LogP contribution >= 0.6 is 11.6 Å². The Morgan fingerprint density at radius 3 is 2.86 bits per heavy atom. The largest absolute Gasteiger partial charge is 0.430 e. The van der Waals surface area contributed by atoms with Gasteiger partial charge in [0.15, 0.2) is 16.1 Å². The van der Waals surface area contributed by atoms with E-state index in [1.165, 1.54) is 6.07 Å². The molecule has 2 N–H and O–H groups in total. The molecule has 2 fully saturated rings. The molecule has 9 nitrogen and oxygen atoms in total. The summed E-state index contributed by atoms with van der Waals surface area (Å²) in [4.78, 5) is 12.0. The predicted molar refractivity (Wildman–Crippen MR) is 103 cm³/mol. The summed E-state index contributed by atoms with van der Waals surface area (Å²) in [5.41, 5.74) is -0.196. The molecule has 2 atom stereocenters. The van der Waals surface area contributed by atoms with Crippen molar-refractivity contribution in [2.45, 2.75) is 41.2 Å². The summed E-state index contributed by atoms with van der Waals surface area (Å²) in [5, 5.41) is 17.8. The van der Waals surface area contributed by atoms with Crippen LogP contribution in [0.3, 0.4) is 0 Å². The molecule has 0 radical (unpaired) electrons. The monoisotopic (exact) mass is 435 g/mol. The van der Waals surface area contributed by atoms with Crippen LogP contribution in [0.5, 0.6) is 0 Å². The molecule has 0 spiro atoms. The van der Waals surface area contributed by atoms with Crippen molar-refractivity contribution in [2.24, 2.45) is 0 Å². The zero-order valence-corrected chi connectivity index (χ0v) is 16.8. The normalized spacial score (nSPS) is 22.6. The Morgan fingerprint density at radius 2 is 2.24 bits per heavy atom. The van der Waals surface area contributed by atoms with Gasteiger partial charge in [0, 0.05) is 25.4 Å². The molecule has 2 aliphatic rings. The van der Waals surface area contributed by atoms with Crippen LogP contribution in [-0.2, 0) is 14.6 Å². The van der Waals surface area contributed by atoms with E-state index in [1.54, 1.807) is 35.3 Å². The summed E-state index contributed by atoms with van der Waals surface area (Å²) < 4.78 is 32.9. The number of benzene rings is 1. The van der Waals surface area contributed by atoms with E-state index in [0.717, 1.165) is 0 Å². The molecule has 11 heteroatoms.